The van der Waals surface area contributed by atoms with Crippen molar-refractivity contribution in [2.24, 2.45) is 5.92 Å². The van der Waals surface area contributed by atoms with Gasteiger partial charge in [0.25, 0.3) is 0 Å². The van der Waals surface area contributed by atoms with Crippen LogP contribution < -0.4 is 5.32 Å². The van der Waals surface area contributed by atoms with E-state index in [4.69, 9.17) is 0 Å². The third-order valence-electron chi connectivity index (χ3n) is 6.17. The summed E-state index contributed by atoms with van der Waals surface area (Å²) in [5, 5.41) is 3.65. The first-order chi connectivity index (χ1) is 10.3. The lowest BCUT2D eigenvalue weighted by Gasteiger charge is -2.44. The third kappa shape index (κ3) is 4.20. The van der Waals surface area contributed by atoms with Crippen molar-refractivity contribution in [1.29, 1.82) is 0 Å². The fourth-order valence-electron chi connectivity index (χ4n) is 4.83. The monoisotopic (exact) mass is 293 g/mol. The van der Waals surface area contributed by atoms with Gasteiger partial charge >= 0.3 is 0 Å². The number of piperidine rings is 2. The van der Waals surface area contributed by atoms with Crippen LogP contribution in [0.5, 0.6) is 0 Å². The highest BCUT2D eigenvalue weighted by molar-refractivity contribution is 4.89. The molecule has 0 spiro atoms. The molecule has 3 aliphatic rings. The Hall–Kier alpha value is -0.120. The molecule has 2 atom stereocenters. The fourth-order valence-corrected chi connectivity index (χ4v) is 4.83. The Kier molecular flexibility index (Phi) is 5.96. The average molecular weight is 293 g/mol. The first kappa shape index (κ1) is 15.8. The van der Waals surface area contributed by atoms with Gasteiger partial charge in [0.05, 0.1) is 0 Å². The van der Waals surface area contributed by atoms with Crippen LogP contribution in [0.3, 0.4) is 0 Å². The maximum Gasteiger partial charge on any atom is 0.0261 e. The van der Waals surface area contributed by atoms with Crippen LogP contribution in [0.4, 0.5) is 0 Å². The van der Waals surface area contributed by atoms with Gasteiger partial charge in [0.15, 0.2) is 0 Å². The first-order valence-electron chi connectivity index (χ1n) is 9.49. The van der Waals surface area contributed by atoms with Gasteiger partial charge in [-0.2, -0.15) is 0 Å². The summed E-state index contributed by atoms with van der Waals surface area (Å²) in [4.78, 5) is 5.52. The van der Waals surface area contributed by atoms with Crippen molar-refractivity contribution in [1.82, 2.24) is 15.1 Å². The average Bonchev–Trinajstić information content (AvgIpc) is 2.57. The van der Waals surface area contributed by atoms with Crippen LogP contribution in [0.25, 0.3) is 0 Å². The second-order valence-electron chi connectivity index (χ2n) is 7.65. The van der Waals surface area contributed by atoms with Gasteiger partial charge in [-0.25, -0.2) is 0 Å². The minimum atomic E-state index is 0.796. The molecule has 3 heteroatoms. The van der Waals surface area contributed by atoms with Crippen molar-refractivity contribution in [3.8, 4) is 0 Å². The number of nitrogens with zero attached hydrogens (tertiary/aromatic N) is 2. The molecule has 21 heavy (non-hydrogen) atoms. The summed E-state index contributed by atoms with van der Waals surface area (Å²) >= 11 is 0. The molecule has 0 amide bonds. The van der Waals surface area contributed by atoms with E-state index in [0.717, 1.165) is 18.0 Å². The molecule has 0 aromatic heterocycles. The summed E-state index contributed by atoms with van der Waals surface area (Å²) in [7, 11) is 2.39. The number of likely N-dealkylation sites (tertiary alicyclic amines) is 1. The highest BCUT2D eigenvalue weighted by Crippen LogP contribution is 2.26. The lowest BCUT2D eigenvalue weighted by molar-refractivity contribution is 0.0626. The van der Waals surface area contributed by atoms with E-state index in [-0.39, 0.29) is 0 Å². The number of nitrogens with one attached hydrogen (secondary N) is 1. The van der Waals surface area contributed by atoms with E-state index >= 15 is 0 Å². The smallest absolute Gasteiger partial charge is 0.0261 e. The van der Waals surface area contributed by atoms with Crippen molar-refractivity contribution in [3.05, 3.63) is 0 Å². The quantitative estimate of drug-likeness (QED) is 0.860. The Morgan fingerprint density at radius 3 is 2.43 bits per heavy atom. The molecule has 122 valence electrons. The highest BCUT2D eigenvalue weighted by atomic mass is 15.2. The molecule has 3 rings (SSSR count). The van der Waals surface area contributed by atoms with Gasteiger partial charge in [-0.1, -0.05) is 25.7 Å². The molecule has 0 radical (unpaired) electrons. The number of rotatable bonds is 4. The molecule has 0 bridgehead atoms. The minimum Gasteiger partial charge on any atom is -0.315 e. The zero-order valence-electron chi connectivity index (χ0n) is 14.0. The molecule has 0 aromatic carbocycles. The van der Waals surface area contributed by atoms with Gasteiger partial charge in [0.2, 0.25) is 0 Å². The topological polar surface area (TPSA) is 18.5 Å². The Labute approximate surface area is 131 Å². The second kappa shape index (κ2) is 7.94. The zero-order chi connectivity index (χ0) is 14.5. The van der Waals surface area contributed by atoms with E-state index in [9.17, 15) is 0 Å². The van der Waals surface area contributed by atoms with Crippen LogP contribution in [0.15, 0.2) is 0 Å². The van der Waals surface area contributed by atoms with Gasteiger partial charge < -0.3 is 10.2 Å². The maximum absolute atomic E-state index is 3.65. The lowest BCUT2D eigenvalue weighted by Crippen LogP contribution is -2.55. The van der Waals surface area contributed by atoms with E-state index in [1.165, 1.54) is 90.5 Å². The molecular formula is C18H35N3. The molecule has 3 nitrogen and oxygen atoms in total. The molecule has 2 heterocycles. The summed E-state index contributed by atoms with van der Waals surface area (Å²) in [5.41, 5.74) is 0. The van der Waals surface area contributed by atoms with Gasteiger partial charge in [-0.15, -0.1) is 0 Å². The SMILES string of the molecule is CN(CC1CCNCC1N1CCCCC1)C1CCCCC1. The summed E-state index contributed by atoms with van der Waals surface area (Å²) in [6, 6.07) is 1.67. The number of hydrogen-bond acceptors (Lipinski definition) is 3. The molecule has 2 aliphatic heterocycles. The predicted molar refractivity (Wildman–Crippen MR) is 89.7 cm³/mol. The maximum atomic E-state index is 3.65. The molecule has 1 aliphatic carbocycles. The predicted octanol–water partition coefficient (Wildman–Crippen LogP) is 2.71. The van der Waals surface area contributed by atoms with E-state index in [0.29, 0.717) is 0 Å². The molecule has 2 saturated heterocycles. The molecule has 3 fully saturated rings. The lowest BCUT2D eigenvalue weighted by atomic mass is 9.88. The minimum absolute atomic E-state index is 0.796. The van der Waals surface area contributed by atoms with Gasteiger partial charge in [-0.3, -0.25) is 4.90 Å². The van der Waals surface area contributed by atoms with Crippen molar-refractivity contribution in [2.75, 3.05) is 39.8 Å². The molecule has 1 N–H and O–H groups in total. The number of hydrogen-bond donors (Lipinski definition) is 1. The molecule has 2 unspecified atom stereocenters. The Bertz CT molecular complexity index is 295. The van der Waals surface area contributed by atoms with Crippen LogP contribution in [0.2, 0.25) is 0 Å². The summed E-state index contributed by atoms with van der Waals surface area (Å²) in [6.07, 6.45) is 12.9. The Morgan fingerprint density at radius 1 is 0.952 bits per heavy atom. The van der Waals surface area contributed by atoms with Crippen LogP contribution in [-0.4, -0.2) is 61.7 Å². The van der Waals surface area contributed by atoms with E-state index in [1.807, 2.05) is 0 Å². The molecule has 0 aromatic rings. The largest absolute Gasteiger partial charge is 0.315 e. The molecular weight excluding hydrogens is 258 g/mol. The van der Waals surface area contributed by atoms with Gasteiger partial charge in [-0.05, 0) is 64.7 Å². The Balaban J connectivity index is 1.55. The van der Waals surface area contributed by atoms with Crippen LogP contribution >= 0.6 is 0 Å². The van der Waals surface area contributed by atoms with Gasteiger partial charge in [0, 0.05) is 25.2 Å². The fraction of sp³-hybridized carbons (Fsp3) is 1.00. The summed E-state index contributed by atoms with van der Waals surface area (Å²) in [5.74, 6) is 0.885. The normalized spacial score (nSPS) is 33.4. The third-order valence-corrected chi connectivity index (χ3v) is 6.17. The zero-order valence-corrected chi connectivity index (χ0v) is 14.0. The van der Waals surface area contributed by atoms with Crippen molar-refractivity contribution in [3.63, 3.8) is 0 Å². The van der Waals surface area contributed by atoms with Crippen molar-refractivity contribution in [2.45, 2.75) is 69.9 Å². The summed E-state index contributed by atoms with van der Waals surface area (Å²) in [6.45, 7) is 6.47. The standard InChI is InChI=1S/C18H35N3/c1-20(17-8-4-2-5-9-17)15-16-10-11-19-14-18(16)21-12-6-3-7-13-21/h16-19H,2-15H2,1H3. The van der Waals surface area contributed by atoms with E-state index < -0.39 is 0 Å². The first-order valence-corrected chi connectivity index (χ1v) is 9.49. The van der Waals surface area contributed by atoms with E-state index in [2.05, 4.69) is 22.2 Å². The van der Waals surface area contributed by atoms with E-state index in [1.54, 1.807) is 0 Å². The Morgan fingerprint density at radius 2 is 1.67 bits per heavy atom. The molecule has 1 saturated carbocycles. The van der Waals surface area contributed by atoms with Crippen LogP contribution in [0.1, 0.15) is 57.8 Å². The van der Waals surface area contributed by atoms with Crippen LogP contribution in [-0.2, 0) is 0 Å². The highest BCUT2D eigenvalue weighted by Gasteiger charge is 2.32. The summed E-state index contributed by atoms with van der Waals surface area (Å²) < 4.78 is 0. The van der Waals surface area contributed by atoms with Crippen molar-refractivity contribution < 1.29 is 0 Å². The van der Waals surface area contributed by atoms with Gasteiger partial charge in [0.1, 0.15) is 0 Å². The second-order valence-corrected chi connectivity index (χ2v) is 7.65. The van der Waals surface area contributed by atoms with Crippen LogP contribution in [0, 0.1) is 5.92 Å². The van der Waals surface area contributed by atoms with Crippen molar-refractivity contribution >= 4 is 0 Å².